The molecule has 2 heterocycles. The maximum absolute atomic E-state index is 5.81. The van der Waals surface area contributed by atoms with Gasteiger partial charge < -0.3 is 20.5 Å². The minimum absolute atomic E-state index is 0.463. The Morgan fingerprint density at radius 2 is 2.21 bits per heavy atom. The van der Waals surface area contributed by atoms with Crippen LogP contribution in [-0.2, 0) is 0 Å². The van der Waals surface area contributed by atoms with Gasteiger partial charge in [-0.1, -0.05) is 0 Å². The van der Waals surface area contributed by atoms with Gasteiger partial charge in [0.25, 0.3) is 0 Å². The molecule has 5 nitrogen and oxygen atoms in total. The van der Waals surface area contributed by atoms with E-state index in [1.54, 1.807) is 0 Å². The van der Waals surface area contributed by atoms with Crippen LogP contribution in [-0.4, -0.2) is 47.6 Å². The van der Waals surface area contributed by atoms with Gasteiger partial charge in [-0.15, -0.1) is 0 Å². The molecule has 1 aliphatic rings. The molecule has 0 aliphatic carbocycles. The van der Waals surface area contributed by atoms with Gasteiger partial charge in [-0.25, -0.2) is 4.98 Å². The minimum Gasteiger partial charge on any atom is -0.399 e. The van der Waals surface area contributed by atoms with Gasteiger partial charge in [0.2, 0.25) is 5.95 Å². The number of nitrogens with zero attached hydrogens (tertiary/aromatic N) is 3. The first-order chi connectivity index (χ1) is 9.13. The Labute approximate surface area is 113 Å². The Morgan fingerprint density at radius 1 is 1.37 bits per heavy atom. The summed E-state index contributed by atoms with van der Waals surface area (Å²) in [6, 6.07) is 6.28. The molecule has 0 saturated carbocycles. The van der Waals surface area contributed by atoms with Crippen molar-refractivity contribution in [3.05, 3.63) is 18.2 Å². The number of benzene rings is 1. The summed E-state index contributed by atoms with van der Waals surface area (Å²) in [6.07, 6.45) is 1.17. The molecule has 1 unspecified atom stereocenters. The van der Waals surface area contributed by atoms with Crippen molar-refractivity contribution in [1.29, 1.82) is 0 Å². The quantitative estimate of drug-likeness (QED) is 0.765. The summed E-state index contributed by atoms with van der Waals surface area (Å²) in [5.74, 6) is 0.961. The average molecular weight is 259 g/mol. The van der Waals surface area contributed by atoms with E-state index in [1.807, 2.05) is 18.2 Å². The molecule has 3 rings (SSSR count). The molecule has 0 radical (unpaired) electrons. The number of rotatable bonds is 1. The van der Waals surface area contributed by atoms with E-state index in [2.05, 4.69) is 28.8 Å². The zero-order chi connectivity index (χ0) is 13.4. The second kappa shape index (κ2) is 4.74. The first kappa shape index (κ1) is 12.3. The highest BCUT2D eigenvalue weighted by Gasteiger charge is 2.22. The van der Waals surface area contributed by atoms with Gasteiger partial charge in [0.05, 0.1) is 11.0 Å². The van der Waals surface area contributed by atoms with Crippen LogP contribution in [0.1, 0.15) is 13.3 Å². The van der Waals surface area contributed by atoms with Crippen molar-refractivity contribution in [2.24, 2.45) is 0 Å². The first-order valence-corrected chi connectivity index (χ1v) is 6.84. The molecular weight excluding hydrogens is 238 g/mol. The molecule has 1 fully saturated rings. The summed E-state index contributed by atoms with van der Waals surface area (Å²) in [6.45, 7) is 5.51. The molecule has 0 amide bonds. The number of nitrogens with two attached hydrogens (primary N) is 1. The lowest BCUT2D eigenvalue weighted by atomic mass is 10.3. The Kier molecular flexibility index (Phi) is 3.06. The zero-order valence-corrected chi connectivity index (χ0v) is 11.6. The molecule has 5 heteroatoms. The standard InChI is InChI=1S/C14H21N5/c1-10-9-18(2)6-3-7-19(10)14-16-12-5-4-11(15)8-13(12)17-14/h4-5,8,10H,3,6-7,9,15H2,1-2H3,(H,16,17). The fraction of sp³-hybridized carbons (Fsp3) is 0.500. The number of aromatic nitrogens is 2. The topological polar surface area (TPSA) is 61.2 Å². The lowest BCUT2D eigenvalue weighted by molar-refractivity contribution is 0.337. The fourth-order valence-electron chi connectivity index (χ4n) is 2.84. The lowest BCUT2D eigenvalue weighted by Gasteiger charge is -2.27. The number of fused-ring (bicyclic) bond motifs is 1. The molecule has 19 heavy (non-hydrogen) atoms. The number of nitrogens with one attached hydrogen (secondary N) is 1. The molecule has 1 aromatic carbocycles. The molecule has 102 valence electrons. The van der Waals surface area contributed by atoms with Crippen molar-refractivity contribution in [3.63, 3.8) is 0 Å². The Balaban J connectivity index is 1.94. The van der Waals surface area contributed by atoms with Crippen LogP contribution in [0.2, 0.25) is 0 Å². The normalized spacial score (nSPS) is 21.8. The van der Waals surface area contributed by atoms with E-state index in [1.165, 1.54) is 6.42 Å². The number of nitrogen functional groups attached to an aromatic ring is 1. The van der Waals surface area contributed by atoms with E-state index in [-0.39, 0.29) is 0 Å². The van der Waals surface area contributed by atoms with E-state index >= 15 is 0 Å². The van der Waals surface area contributed by atoms with Crippen LogP contribution >= 0.6 is 0 Å². The highest BCUT2D eigenvalue weighted by molar-refractivity contribution is 5.80. The second-order valence-electron chi connectivity index (χ2n) is 5.50. The summed E-state index contributed by atoms with van der Waals surface area (Å²) in [4.78, 5) is 12.8. The molecule has 1 aliphatic heterocycles. The van der Waals surface area contributed by atoms with Crippen molar-refractivity contribution in [3.8, 4) is 0 Å². The van der Waals surface area contributed by atoms with Crippen LogP contribution in [0.15, 0.2) is 18.2 Å². The highest BCUT2D eigenvalue weighted by Crippen LogP contribution is 2.22. The zero-order valence-electron chi connectivity index (χ0n) is 11.6. The Morgan fingerprint density at radius 3 is 3.05 bits per heavy atom. The average Bonchev–Trinajstić information content (AvgIpc) is 2.68. The summed E-state index contributed by atoms with van der Waals surface area (Å²) < 4.78 is 0. The highest BCUT2D eigenvalue weighted by atomic mass is 15.3. The van der Waals surface area contributed by atoms with Crippen LogP contribution in [0, 0.1) is 0 Å². The van der Waals surface area contributed by atoms with Crippen molar-refractivity contribution >= 4 is 22.7 Å². The first-order valence-electron chi connectivity index (χ1n) is 6.84. The van der Waals surface area contributed by atoms with Crippen molar-refractivity contribution in [2.45, 2.75) is 19.4 Å². The minimum atomic E-state index is 0.463. The van der Waals surface area contributed by atoms with Gasteiger partial charge in [-0.3, -0.25) is 0 Å². The van der Waals surface area contributed by atoms with E-state index in [9.17, 15) is 0 Å². The largest absolute Gasteiger partial charge is 0.399 e. The van der Waals surface area contributed by atoms with Crippen LogP contribution in [0.3, 0.4) is 0 Å². The maximum Gasteiger partial charge on any atom is 0.204 e. The van der Waals surface area contributed by atoms with Crippen LogP contribution in [0.4, 0.5) is 11.6 Å². The van der Waals surface area contributed by atoms with Crippen molar-refractivity contribution < 1.29 is 0 Å². The molecular formula is C14H21N5. The van der Waals surface area contributed by atoms with E-state index in [4.69, 9.17) is 10.7 Å². The van der Waals surface area contributed by atoms with Gasteiger partial charge in [0, 0.05) is 24.8 Å². The summed E-state index contributed by atoms with van der Waals surface area (Å²) >= 11 is 0. The predicted octanol–water partition coefficient (Wildman–Crippen LogP) is 1.68. The monoisotopic (exact) mass is 259 g/mol. The Bertz CT molecular complexity index is 576. The van der Waals surface area contributed by atoms with Gasteiger partial charge in [0.15, 0.2) is 0 Å². The molecule has 1 saturated heterocycles. The third-order valence-corrected chi connectivity index (χ3v) is 3.81. The van der Waals surface area contributed by atoms with E-state index < -0.39 is 0 Å². The SMILES string of the molecule is CC1CN(C)CCCN1c1nc2ccc(N)cc2[nH]1. The Hall–Kier alpha value is -1.75. The molecule has 0 bridgehead atoms. The van der Waals surface area contributed by atoms with E-state index in [0.29, 0.717) is 6.04 Å². The van der Waals surface area contributed by atoms with E-state index in [0.717, 1.165) is 42.3 Å². The summed E-state index contributed by atoms with van der Waals surface area (Å²) in [5, 5.41) is 0. The molecule has 2 aromatic rings. The van der Waals surface area contributed by atoms with Crippen LogP contribution in [0.25, 0.3) is 11.0 Å². The summed E-state index contributed by atoms with van der Waals surface area (Å²) in [7, 11) is 2.18. The number of likely N-dealkylation sites (N-methyl/N-ethyl adjacent to an activating group) is 1. The third-order valence-electron chi connectivity index (χ3n) is 3.81. The van der Waals surface area contributed by atoms with Crippen molar-refractivity contribution in [1.82, 2.24) is 14.9 Å². The van der Waals surface area contributed by atoms with Crippen LogP contribution < -0.4 is 10.6 Å². The second-order valence-corrected chi connectivity index (χ2v) is 5.50. The fourth-order valence-corrected chi connectivity index (χ4v) is 2.84. The molecule has 1 aromatic heterocycles. The van der Waals surface area contributed by atoms with Crippen molar-refractivity contribution in [2.75, 3.05) is 37.3 Å². The summed E-state index contributed by atoms with van der Waals surface area (Å²) in [5.41, 5.74) is 8.58. The number of H-pyrrole nitrogens is 1. The molecule has 1 atom stereocenters. The molecule has 0 spiro atoms. The predicted molar refractivity (Wildman–Crippen MR) is 79.4 cm³/mol. The number of hydrogen-bond donors (Lipinski definition) is 2. The number of hydrogen-bond acceptors (Lipinski definition) is 4. The van der Waals surface area contributed by atoms with Gasteiger partial charge in [-0.05, 0) is 45.1 Å². The van der Waals surface area contributed by atoms with Gasteiger partial charge in [0.1, 0.15) is 0 Å². The number of aromatic amines is 1. The van der Waals surface area contributed by atoms with Crippen LogP contribution in [0.5, 0.6) is 0 Å². The third kappa shape index (κ3) is 2.38. The maximum atomic E-state index is 5.81. The molecule has 3 N–H and O–H groups in total. The number of imidazole rings is 1. The lowest BCUT2D eigenvalue weighted by Crippen LogP contribution is -2.38. The van der Waals surface area contributed by atoms with Gasteiger partial charge in [-0.2, -0.15) is 0 Å². The number of anilines is 2. The smallest absolute Gasteiger partial charge is 0.204 e. The van der Waals surface area contributed by atoms with Gasteiger partial charge >= 0.3 is 0 Å².